The number of rotatable bonds is 6. The molecule has 0 bridgehead atoms. The monoisotopic (exact) mass is 445 g/mol. The molecule has 1 aliphatic heterocycles. The number of hydrogen-bond acceptors (Lipinski definition) is 4. The SMILES string of the molecule is Cc1n[nH]c(C)c1C(C)NC1CCC(Oc2ccc3c(c2)CCC(c2ccccc2)O3)CC1. The van der Waals surface area contributed by atoms with Gasteiger partial charge in [-0.05, 0) is 88.6 Å². The molecule has 2 aromatic carbocycles. The lowest BCUT2D eigenvalue weighted by Crippen LogP contribution is -2.37. The van der Waals surface area contributed by atoms with E-state index in [0.717, 1.165) is 61.4 Å². The van der Waals surface area contributed by atoms with Crippen LogP contribution in [0.15, 0.2) is 48.5 Å². The predicted molar refractivity (Wildman–Crippen MR) is 131 cm³/mol. The zero-order valence-electron chi connectivity index (χ0n) is 19.9. The number of ether oxygens (including phenoxy) is 2. The van der Waals surface area contributed by atoms with Crippen molar-refractivity contribution in [2.45, 2.75) is 83.6 Å². The van der Waals surface area contributed by atoms with Gasteiger partial charge in [-0.2, -0.15) is 5.10 Å². The number of aromatic nitrogens is 2. The fourth-order valence-corrected chi connectivity index (χ4v) is 5.51. The standard InChI is InChI=1S/C28H35N3O2/c1-18(28-19(2)30-31-20(28)3)29-23-10-12-24(13-11-23)32-25-14-16-27-22(17-25)9-15-26(33-27)21-7-5-4-6-8-21/h4-8,14,16-18,23-24,26,29H,9-13,15H2,1-3H3,(H,30,31). The molecule has 0 amide bonds. The number of aryl methyl sites for hydroxylation is 3. The lowest BCUT2D eigenvalue weighted by atomic mass is 9.91. The second-order valence-corrected chi connectivity index (χ2v) is 9.65. The molecule has 2 heterocycles. The lowest BCUT2D eigenvalue weighted by molar-refractivity contribution is 0.135. The van der Waals surface area contributed by atoms with Crippen molar-refractivity contribution in [2.75, 3.05) is 0 Å². The molecule has 2 N–H and O–H groups in total. The molecule has 1 aliphatic carbocycles. The third-order valence-corrected chi connectivity index (χ3v) is 7.23. The van der Waals surface area contributed by atoms with Gasteiger partial charge in [0, 0.05) is 23.3 Å². The summed E-state index contributed by atoms with van der Waals surface area (Å²) in [5.41, 5.74) is 6.07. The predicted octanol–water partition coefficient (Wildman–Crippen LogP) is 6.13. The quantitative estimate of drug-likeness (QED) is 0.479. The fraction of sp³-hybridized carbons (Fsp3) is 0.464. The van der Waals surface area contributed by atoms with E-state index in [1.807, 2.05) is 0 Å². The summed E-state index contributed by atoms with van der Waals surface area (Å²) < 4.78 is 12.7. The highest BCUT2D eigenvalue weighted by Gasteiger charge is 2.26. The number of benzene rings is 2. The average Bonchev–Trinajstić information content (AvgIpc) is 3.18. The van der Waals surface area contributed by atoms with Crippen molar-refractivity contribution in [1.82, 2.24) is 15.5 Å². The topological polar surface area (TPSA) is 59.2 Å². The molecule has 5 nitrogen and oxygen atoms in total. The van der Waals surface area contributed by atoms with Gasteiger partial charge in [-0.15, -0.1) is 0 Å². The van der Waals surface area contributed by atoms with E-state index in [2.05, 4.69) is 84.8 Å². The molecule has 1 saturated carbocycles. The summed E-state index contributed by atoms with van der Waals surface area (Å²) in [6, 6.07) is 17.7. The van der Waals surface area contributed by atoms with E-state index in [1.165, 1.54) is 16.7 Å². The first-order valence-corrected chi connectivity index (χ1v) is 12.4. The van der Waals surface area contributed by atoms with Crippen LogP contribution >= 0.6 is 0 Å². The van der Waals surface area contributed by atoms with Gasteiger partial charge < -0.3 is 14.8 Å². The molecule has 3 aromatic rings. The van der Waals surface area contributed by atoms with Crippen LogP contribution in [0.4, 0.5) is 0 Å². The highest BCUT2D eigenvalue weighted by Crippen LogP contribution is 2.37. The molecule has 0 spiro atoms. The van der Waals surface area contributed by atoms with E-state index in [4.69, 9.17) is 9.47 Å². The molecule has 174 valence electrons. The molecule has 2 aliphatic rings. The van der Waals surface area contributed by atoms with E-state index >= 15 is 0 Å². The van der Waals surface area contributed by atoms with Gasteiger partial charge in [0.1, 0.15) is 17.6 Å². The molecule has 0 saturated heterocycles. The van der Waals surface area contributed by atoms with E-state index in [-0.39, 0.29) is 12.2 Å². The van der Waals surface area contributed by atoms with Crippen molar-refractivity contribution < 1.29 is 9.47 Å². The smallest absolute Gasteiger partial charge is 0.124 e. The lowest BCUT2D eigenvalue weighted by Gasteiger charge is -2.32. The van der Waals surface area contributed by atoms with Crippen LogP contribution in [0.25, 0.3) is 0 Å². The Kier molecular flexibility index (Phi) is 6.41. The molecule has 1 fully saturated rings. The molecule has 2 atom stereocenters. The molecule has 1 aromatic heterocycles. The minimum absolute atomic E-state index is 0.144. The Morgan fingerprint density at radius 1 is 1.03 bits per heavy atom. The molecule has 5 rings (SSSR count). The Hall–Kier alpha value is -2.79. The number of nitrogens with one attached hydrogen (secondary N) is 2. The van der Waals surface area contributed by atoms with Gasteiger partial charge in [0.25, 0.3) is 0 Å². The van der Waals surface area contributed by atoms with E-state index < -0.39 is 0 Å². The van der Waals surface area contributed by atoms with Crippen molar-refractivity contribution in [1.29, 1.82) is 0 Å². The summed E-state index contributed by atoms with van der Waals surface area (Å²) in [5, 5.41) is 11.3. The van der Waals surface area contributed by atoms with Crippen LogP contribution in [0.1, 0.15) is 79.3 Å². The molecule has 5 heteroatoms. The van der Waals surface area contributed by atoms with Crippen molar-refractivity contribution in [3.05, 3.63) is 76.6 Å². The van der Waals surface area contributed by atoms with Crippen LogP contribution in [0.3, 0.4) is 0 Å². The van der Waals surface area contributed by atoms with Gasteiger partial charge in [-0.3, -0.25) is 5.10 Å². The largest absolute Gasteiger partial charge is 0.490 e. The fourth-order valence-electron chi connectivity index (χ4n) is 5.51. The third-order valence-electron chi connectivity index (χ3n) is 7.23. The number of hydrogen-bond donors (Lipinski definition) is 2. The molecule has 2 unspecified atom stereocenters. The molecule has 33 heavy (non-hydrogen) atoms. The van der Waals surface area contributed by atoms with Crippen LogP contribution in [-0.4, -0.2) is 22.3 Å². The number of fused-ring (bicyclic) bond motifs is 1. The Labute approximate surface area is 196 Å². The van der Waals surface area contributed by atoms with Crippen LogP contribution in [0.5, 0.6) is 11.5 Å². The van der Waals surface area contributed by atoms with Crippen LogP contribution < -0.4 is 14.8 Å². The van der Waals surface area contributed by atoms with Gasteiger partial charge in [0.05, 0.1) is 11.8 Å². The van der Waals surface area contributed by atoms with Crippen molar-refractivity contribution in [3.8, 4) is 11.5 Å². The van der Waals surface area contributed by atoms with Crippen LogP contribution in [-0.2, 0) is 6.42 Å². The second-order valence-electron chi connectivity index (χ2n) is 9.65. The van der Waals surface area contributed by atoms with Gasteiger partial charge in [-0.25, -0.2) is 0 Å². The second kappa shape index (κ2) is 9.60. The number of nitrogens with zero attached hydrogens (tertiary/aromatic N) is 1. The highest BCUT2D eigenvalue weighted by atomic mass is 16.5. The van der Waals surface area contributed by atoms with Crippen molar-refractivity contribution in [2.24, 2.45) is 0 Å². The summed E-state index contributed by atoms with van der Waals surface area (Å²) in [6.45, 7) is 6.42. The molecular weight excluding hydrogens is 410 g/mol. The van der Waals surface area contributed by atoms with E-state index in [0.29, 0.717) is 12.1 Å². The van der Waals surface area contributed by atoms with Gasteiger partial charge in [-0.1, -0.05) is 30.3 Å². The maximum Gasteiger partial charge on any atom is 0.124 e. The molecular formula is C28H35N3O2. The van der Waals surface area contributed by atoms with Crippen molar-refractivity contribution in [3.63, 3.8) is 0 Å². The number of H-pyrrole nitrogens is 1. The van der Waals surface area contributed by atoms with Gasteiger partial charge >= 0.3 is 0 Å². The first-order valence-electron chi connectivity index (χ1n) is 12.4. The Bertz CT molecular complexity index is 1050. The van der Waals surface area contributed by atoms with E-state index in [9.17, 15) is 0 Å². The summed E-state index contributed by atoms with van der Waals surface area (Å²) in [7, 11) is 0. The minimum atomic E-state index is 0.144. The first-order chi connectivity index (χ1) is 16.1. The Morgan fingerprint density at radius 2 is 1.82 bits per heavy atom. The zero-order chi connectivity index (χ0) is 22.8. The maximum atomic E-state index is 6.40. The summed E-state index contributed by atoms with van der Waals surface area (Å²) >= 11 is 0. The third kappa shape index (κ3) is 4.93. The summed E-state index contributed by atoms with van der Waals surface area (Å²) in [4.78, 5) is 0. The Morgan fingerprint density at radius 3 is 2.55 bits per heavy atom. The van der Waals surface area contributed by atoms with Crippen LogP contribution in [0.2, 0.25) is 0 Å². The van der Waals surface area contributed by atoms with E-state index in [1.54, 1.807) is 0 Å². The zero-order valence-corrected chi connectivity index (χ0v) is 19.9. The van der Waals surface area contributed by atoms with Gasteiger partial charge in [0.15, 0.2) is 0 Å². The normalized spacial score (nSPS) is 23.4. The average molecular weight is 446 g/mol. The Balaban J connectivity index is 1.13. The van der Waals surface area contributed by atoms with Crippen molar-refractivity contribution >= 4 is 0 Å². The van der Waals surface area contributed by atoms with Gasteiger partial charge in [0.2, 0.25) is 0 Å². The summed E-state index contributed by atoms with van der Waals surface area (Å²) in [5.74, 6) is 1.97. The summed E-state index contributed by atoms with van der Waals surface area (Å²) in [6.07, 6.45) is 6.89. The molecule has 0 radical (unpaired) electrons. The van der Waals surface area contributed by atoms with Crippen LogP contribution in [0, 0.1) is 13.8 Å². The number of aromatic amines is 1. The maximum absolute atomic E-state index is 6.40. The highest BCUT2D eigenvalue weighted by molar-refractivity contribution is 5.42. The minimum Gasteiger partial charge on any atom is -0.490 e. The first kappa shape index (κ1) is 22.0.